The molecule has 0 bridgehead atoms. The molecule has 0 saturated heterocycles. The number of alkyl halides is 1. The Morgan fingerprint density at radius 1 is 1.46 bits per heavy atom. The first-order valence-corrected chi connectivity index (χ1v) is 4.68. The number of nitrogens with two attached hydrogens (primary N) is 1. The number of anilines is 1. The Balaban J connectivity index is 2.58. The molecule has 2 heteroatoms. The van der Waals surface area contributed by atoms with Gasteiger partial charge in [-0.05, 0) is 43.4 Å². The van der Waals surface area contributed by atoms with Crippen LogP contribution in [-0.4, -0.2) is 0 Å². The molecule has 70 valence electrons. The van der Waals surface area contributed by atoms with Crippen molar-refractivity contribution >= 4 is 5.69 Å². The van der Waals surface area contributed by atoms with Crippen LogP contribution in [0, 0.1) is 0 Å². The lowest BCUT2D eigenvalue weighted by atomic mass is 9.81. The third kappa shape index (κ3) is 1.30. The molecule has 0 saturated carbocycles. The summed E-state index contributed by atoms with van der Waals surface area (Å²) in [5.74, 6) is 0. The molecule has 2 N–H and O–H groups in total. The Labute approximate surface area is 77.8 Å². The van der Waals surface area contributed by atoms with Crippen molar-refractivity contribution in [3.8, 4) is 0 Å². The Kier molecular flexibility index (Phi) is 1.79. The Hall–Kier alpha value is -1.05. The minimum atomic E-state index is -1.18. The van der Waals surface area contributed by atoms with Gasteiger partial charge in [-0.2, -0.15) is 0 Å². The molecule has 0 heterocycles. The fourth-order valence-corrected chi connectivity index (χ4v) is 2.10. The zero-order valence-electron chi connectivity index (χ0n) is 7.81. The lowest BCUT2D eigenvalue weighted by Crippen LogP contribution is -2.23. The molecule has 0 fully saturated rings. The van der Waals surface area contributed by atoms with Gasteiger partial charge >= 0.3 is 0 Å². The van der Waals surface area contributed by atoms with E-state index < -0.39 is 5.67 Å². The van der Waals surface area contributed by atoms with Crippen molar-refractivity contribution in [3.63, 3.8) is 0 Å². The Bertz CT molecular complexity index is 331. The third-order valence-corrected chi connectivity index (χ3v) is 2.85. The summed E-state index contributed by atoms with van der Waals surface area (Å²) in [6.07, 6.45) is 2.43. The minimum Gasteiger partial charge on any atom is -0.398 e. The van der Waals surface area contributed by atoms with Crippen LogP contribution in [0.2, 0.25) is 0 Å². The molecule has 1 aliphatic rings. The molecule has 1 aromatic rings. The summed E-state index contributed by atoms with van der Waals surface area (Å²) in [5, 5.41) is 0. The molecule has 2 rings (SSSR count). The van der Waals surface area contributed by atoms with Crippen LogP contribution in [0.3, 0.4) is 0 Å². The zero-order chi connectivity index (χ0) is 9.47. The molecule has 0 radical (unpaired) electrons. The third-order valence-electron chi connectivity index (χ3n) is 2.85. The predicted octanol–water partition coefficient (Wildman–Crippen LogP) is 2.79. The Morgan fingerprint density at radius 2 is 2.23 bits per heavy atom. The van der Waals surface area contributed by atoms with Crippen molar-refractivity contribution in [2.45, 2.75) is 31.9 Å². The zero-order valence-corrected chi connectivity index (χ0v) is 7.81. The van der Waals surface area contributed by atoms with E-state index in [0.717, 1.165) is 29.7 Å². The smallest absolute Gasteiger partial charge is 0.133 e. The molecule has 1 atom stereocenters. The maximum Gasteiger partial charge on any atom is 0.133 e. The lowest BCUT2D eigenvalue weighted by Gasteiger charge is -2.29. The fourth-order valence-electron chi connectivity index (χ4n) is 2.10. The highest BCUT2D eigenvalue weighted by molar-refractivity contribution is 5.53. The van der Waals surface area contributed by atoms with Gasteiger partial charge in [-0.15, -0.1) is 0 Å². The molecular formula is C11H14FN. The normalized spacial score (nSPS) is 26.9. The van der Waals surface area contributed by atoms with Crippen LogP contribution in [0.15, 0.2) is 18.2 Å². The molecule has 0 spiro atoms. The van der Waals surface area contributed by atoms with Crippen LogP contribution in [-0.2, 0) is 12.1 Å². The molecule has 1 aromatic carbocycles. The molecule has 0 aromatic heterocycles. The summed E-state index contributed by atoms with van der Waals surface area (Å²) in [4.78, 5) is 0. The second kappa shape index (κ2) is 2.72. The first-order valence-electron chi connectivity index (χ1n) is 4.68. The highest BCUT2D eigenvalue weighted by atomic mass is 19.1. The maximum atomic E-state index is 14.0. The van der Waals surface area contributed by atoms with E-state index in [-0.39, 0.29) is 0 Å². The van der Waals surface area contributed by atoms with Gasteiger partial charge in [0.15, 0.2) is 0 Å². The number of hydrogen-bond acceptors (Lipinski definition) is 1. The van der Waals surface area contributed by atoms with Crippen molar-refractivity contribution in [2.75, 3.05) is 5.73 Å². The quantitative estimate of drug-likeness (QED) is 0.609. The van der Waals surface area contributed by atoms with Crippen molar-refractivity contribution in [1.29, 1.82) is 0 Å². The number of fused-ring (bicyclic) bond motifs is 1. The topological polar surface area (TPSA) is 26.0 Å². The van der Waals surface area contributed by atoms with Crippen molar-refractivity contribution in [3.05, 3.63) is 29.3 Å². The van der Waals surface area contributed by atoms with E-state index in [1.807, 2.05) is 18.2 Å². The van der Waals surface area contributed by atoms with Crippen LogP contribution in [0.4, 0.5) is 10.1 Å². The van der Waals surface area contributed by atoms with E-state index >= 15 is 0 Å². The number of nitrogen functional groups attached to an aromatic ring is 1. The second-order valence-electron chi connectivity index (χ2n) is 3.92. The van der Waals surface area contributed by atoms with Crippen LogP contribution in [0.1, 0.15) is 30.9 Å². The van der Waals surface area contributed by atoms with Gasteiger partial charge in [0.05, 0.1) is 0 Å². The highest BCUT2D eigenvalue weighted by Crippen LogP contribution is 2.39. The molecule has 1 unspecified atom stereocenters. The summed E-state index contributed by atoms with van der Waals surface area (Å²) in [5.41, 5.74) is 7.16. The first-order chi connectivity index (χ1) is 6.11. The number of benzene rings is 1. The van der Waals surface area contributed by atoms with Crippen LogP contribution >= 0.6 is 0 Å². The summed E-state index contributed by atoms with van der Waals surface area (Å²) in [7, 11) is 0. The van der Waals surface area contributed by atoms with Crippen molar-refractivity contribution in [1.82, 2.24) is 0 Å². The molecule has 0 amide bonds. The van der Waals surface area contributed by atoms with E-state index in [9.17, 15) is 4.39 Å². The van der Waals surface area contributed by atoms with Crippen LogP contribution in [0.5, 0.6) is 0 Å². The average molecular weight is 179 g/mol. The second-order valence-corrected chi connectivity index (χ2v) is 3.92. The lowest BCUT2D eigenvalue weighted by molar-refractivity contribution is 0.162. The van der Waals surface area contributed by atoms with Gasteiger partial charge in [-0.25, -0.2) is 4.39 Å². The van der Waals surface area contributed by atoms with Gasteiger partial charge in [-0.3, -0.25) is 0 Å². The summed E-state index contributed by atoms with van der Waals surface area (Å²) in [6, 6.07) is 5.53. The maximum absolute atomic E-state index is 14.0. The Morgan fingerprint density at radius 3 is 2.92 bits per heavy atom. The minimum absolute atomic E-state index is 0.615. The molecule has 1 aliphatic carbocycles. The number of hydrogen-bond donors (Lipinski definition) is 1. The van der Waals surface area contributed by atoms with Gasteiger partial charge < -0.3 is 5.73 Å². The molecular weight excluding hydrogens is 165 g/mol. The van der Waals surface area contributed by atoms with Gasteiger partial charge in [0.2, 0.25) is 0 Å². The standard InChI is InChI=1S/C11H14FN/c1-11(12)7-3-4-8-9(11)5-2-6-10(8)13/h2,5-6H,3-4,7,13H2,1H3. The van der Waals surface area contributed by atoms with E-state index in [1.54, 1.807) is 6.92 Å². The van der Waals surface area contributed by atoms with Crippen molar-refractivity contribution < 1.29 is 4.39 Å². The van der Waals surface area contributed by atoms with Crippen LogP contribution in [0.25, 0.3) is 0 Å². The van der Waals surface area contributed by atoms with Gasteiger partial charge in [0.1, 0.15) is 5.67 Å². The highest BCUT2D eigenvalue weighted by Gasteiger charge is 2.32. The number of rotatable bonds is 0. The largest absolute Gasteiger partial charge is 0.398 e. The van der Waals surface area contributed by atoms with Gasteiger partial charge in [0, 0.05) is 5.69 Å². The SMILES string of the molecule is CC1(F)CCCc2c(N)cccc21. The van der Waals surface area contributed by atoms with Gasteiger partial charge in [0.25, 0.3) is 0 Å². The molecule has 13 heavy (non-hydrogen) atoms. The summed E-state index contributed by atoms with van der Waals surface area (Å²) < 4.78 is 14.0. The summed E-state index contributed by atoms with van der Waals surface area (Å²) >= 11 is 0. The molecule has 0 aliphatic heterocycles. The van der Waals surface area contributed by atoms with E-state index in [0.29, 0.717) is 6.42 Å². The van der Waals surface area contributed by atoms with Gasteiger partial charge in [-0.1, -0.05) is 12.1 Å². The fraction of sp³-hybridized carbons (Fsp3) is 0.455. The monoisotopic (exact) mass is 179 g/mol. The van der Waals surface area contributed by atoms with Crippen molar-refractivity contribution in [2.24, 2.45) is 0 Å². The van der Waals surface area contributed by atoms with E-state index in [2.05, 4.69) is 0 Å². The van der Waals surface area contributed by atoms with E-state index in [4.69, 9.17) is 5.73 Å². The average Bonchev–Trinajstić information content (AvgIpc) is 2.06. The summed E-state index contributed by atoms with van der Waals surface area (Å²) in [6.45, 7) is 1.64. The predicted molar refractivity (Wildman–Crippen MR) is 52.3 cm³/mol. The van der Waals surface area contributed by atoms with E-state index in [1.165, 1.54) is 0 Å². The first kappa shape index (κ1) is 8.54. The number of halogens is 1. The molecule has 1 nitrogen and oxygen atoms in total. The van der Waals surface area contributed by atoms with Crippen LogP contribution < -0.4 is 5.73 Å².